The van der Waals surface area contributed by atoms with Crippen molar-refractivity contribution in [2.75, 3.05) is 0 Å². The van der Waals surface area contributed by atoms with Gasteiger partial charge in [0.05, 0.1) is 4.83 Å². The van der Waals surface area contributed by atoms with Crippen molar-refractivity contribution >= 4 is 31.9 Å². The normalized spacial score (nSPS) is 12.7. The lowest BCUT2D eigenvalue weighted by Gasteiger charge is -2.14. The van der Waals surface area contributed by atoms with Gasteiger partial charge in [0, 0.05) is 4.47 Å². The molecule has 0 aliphatic heterocycles. The lowest BCUT2D eigenvalue weighted by atomic mass is 9.99. The monoisotopic (exact) mass is 398 g/mol. The van der Waals surface area contributed by atoms with Crippen LogP contribution in [-0.4, -0.2) is 0 Å². The lowest BCUT2D eigenvalue weighted by Crippen LogP contribution is -1.97. The summed E-state index contributed by atoms with van der Waals surface area (Å²) in [5.41, 5.74) is 3.55. The van der Waals surface area contributed by atoms with Crippen LogP contribution in [0.5, 0.6) is 0 Å². The van der Waals surface area contributed by atoms with Crippen molar-refractivity contribution in [2.45, 2.75) is 25.1 Å². The molecule has 0 aromatic heterocycles. The largest absolute Gasteiger partial charge is 0.207 e. The molecule has 0 nitrogen and oxygen atoms in total. The predicted octanol–water partition coefficient (Wildman–Crippen LogP) is 6.27. The van der Waals surface area contributed by atoms with Crippen molar-refractivity contribution < 1.29 is 4.39 Å². The molecule has 0 N–H and O–H groups in total. The van der Waals surface area contributed by atoms with E-state index in [9.17, 15) is 4.39 Å². The molecule has 0 spiro atoms. The topological polar surface area (TPSA) is 0 Å². The summed E-state index contributed by atoms with van der Waals surface area (Å²) in [7, 11) is 0. The Labute approximate surface area is 136 Å². The van der Waals surface area contributed by atoms with Gasteiger partial charge in [0.15, 0.2) is 0 Å². The number of hydrogen-bond acceptors (Lipinski definition) is 0. The Balaban J connectivity index is 2.22. The first-order valence-electron chi connectivity index (χ1n) is 6.65. The number of benzene rings is 2. The Hall–Kier alpha value is -0.670. The maximum absolute atomic E-state index is 13.1. The highest BCUT2D eigenvalue weighted by Gasteiger charge is 2.14. The smallest absolute Gasteiger partial charge is 0.124 e. The van der Waals surface area contributed by atoms with Gasteiger partial charge in [0.1, 0.15) is 5.82 Å². The Morgan fingerprint density at radius 2 is 1.70 bits per heavy atom. The Bertz CT molecular complexity index is 576. The Morgan fingerprint density at radius 1 is 1.05 bits per heavy atom. The van der Waals surface area contributed by atoms with E-state index in [0.29, 0.717) is 5.92 Å². The van der Waals surface area contributed by atoms with Crippen molar-refractivity contribution in [3.8, 4) is 0 Å². The second-order valence-electron chi connectivity index (χ2n) is 5.37. The average molecular weight is 400 g/mol. The molecule has 0 heterocycles. The van der Waals surface area contributed by atoms with Crippen LogP contribution in [0.1, 0.15) is 35.4 Å². The summed E-state index contributed by atoms with van der Waals surface area (Å²) in [5, 5.41) is 0. The molecule has 0 fully saturated rings. The van der Waals surface area contributed by atoms with Crippen LogP contribution < -0.4 is 0 Å². The minimum atomic E-state index is -0.229. The fraction of sp³-hybridized carbons (Fsp3) is 0.294. The summed E-state index contributed by atoms with van der Waals surface area (Å²) in [4.78, 5) is 0.0607. The third kappa shape index (κ3) is 3.92. The Kier molecular flexibility index (Phi) is 5.39. The molecule has 2 aromatic rings. The van der Waals surface area contributed by atoms with E-state index < -0.39 is 0 Å². The van der Waals surface area contributed by atoms with E-state index in [-0.39, 0.29) is 10.6 Å². The summed E-state index contributed by atoms with van der Waals surface area (Å²) >= 11 is 7.11. The van der Waals surface area contributed by atoms with Gasteiger partial charge < -0.3 is 0 Å². The minimum Gasteiger partial charge on any atom is -0.207 e. The van der Waals surface area contributed by atoms with Crippen LogP contribution >= 0.6 is 31.9 Å². The van der Waals surface area contributed by atoms with Gasteiger partial charge in [0.2, 0.25) is 0 Å². The number of rotatable bonds is 4. The highest BCUT2D eigenvalue weighted by molar-refractivity contribution is 9.11. The van der Waals surface area contributed by atoms with Gasteiger partial charge in [-0.15, -0.1) is 0 Å². The van der Waals surface area contributed by atoms with Crippen molar-refractivity contribution in [3.05, 3.63) is 69.4 Å². The van der Waals surface area contributed by atoms with E-state index in [1.54, 1.807) is 6.07 Å². The zero-order valence-corrected chi connectivity index (χ0v) is 14.7. The van der Waals surface area contributed by atoms with E-state index in [1.807, 2.05) is 0 Å². The number of halogens is 3. The second kappa shape index (κ2) is 6.86. The minimum absolute atomic E-state index is 0.0607. The van der Waals surface area contributed by atoms with E-state index in [0.717, 1.165) is 16.5 Å². The fourth-order valence-electron chi connectivity index (χ4n) is 2.18. The van der Waals surface area contributed by atoms with Crippen molar-refractivity contribution in [2.24, 2.45) is 5.92 Å². The molecular formula is C17H17Br2F. The summed E-state index contributed by atoms with van der Waals surface area (Å²) in [6, 6.07) is 13.4. The molecule has 2 aromatic carbocycles. The molecule has 3 heteroatoms. The fourth-order valence-corrected chi connectivity index (χ4v) is 3.77. The zero-order chi connectivity index (χ0) is 14.7. The molecule has 0 aliphatic carbocycles. The zero-order valence-electron chi connectivity index (χ0n) is 11.5. The van der Waals surface area contributed by atoms with Crippen LogP contribution in [0, 0.1) is 11.7 Å². The van der Waals surface area contributed by atoms with Crippen molar-refractivity contribution in [3.63, 3.8) is 0 Å². The molecule has 106 valence electrons. The van der Waals surface area contributed by atoms with Crippen LogP contribution in [-0.2, 0) is 6.42 Å². The standard InChI is InChI=1S/C17H17Br2F/c1-11(2)9-12-3-5-13(6-4-12)17(19)15-8-7-14(20)10-16(15)18/h3-8,10-11,17H,9H2,1-2H3. The molecule has 2 rings (SSSR count). The number of alkyl halides is 1. The first-order chi connectivity index (χ1) is 9.47. The maximum atomic E-state index is 13.1. The average Bonchev–Trinajstić information content (AvgIpc) is 2.38. The predicted molar refractivity (Wildman–Crippen MR) is 89.9 cm³/mol. The highest BCUT2D eigenvalue weighted by atomic mass is 79.9. The summed E-state index contributed by atoms with van der Waals surface area (Å²) in [6.07, 6.45) is 1.09. The highest BCUT2D eigenvalue weighted by Crippen LogP contribution is 2.35. The van der Waals surface area contributed by atoms with Crippen LogP contribution in [0.3, 0.4) is 0 Å². The third-order valence-corrected chi connectivity index (χ3v) is 4.86. The van der Waals surface area contributed by atoms with Crippen LogP contribution in [0.2, 0.25) is 0 Å². The van der Waals surface area contributed by atoms with Gasteiger partial charge in [-0.05, 0) is 41.2 Å². The molecular weight excluding hydrogens is 383 g/mol. The van der Waals surface area contributed by atoms with Crippen molar-refractivity contribution in [1.82, 2.24) is 0 Å². The van der Waals surface area contributed by atoms with Gasteiger partial charge >= 0.3 is 0 Å². The van der Waals surface area contributed by atoms with Crippen LogP contribution in [0.25, 0.3) is 0 Å². The lowest BCUT2D eigenvalue weighted by molar-refractivity contribution is 0.626. The molecule has 0 aliphatic rings. The first-order valence-corrected chi connectivity index (χ1v) is 8.36. The summed E-state index contributed by atoms with van der Waals surface area (Å²) < 4.78 is 13.9. The first kappa shape index (κ1) is 15.7. The maximum Gasteiger partial charge on any atom is 0.124 e. The Morgan fingerprint density at radius 3 is 2.25 bits per heavy atom. The second-order valence-corrected chi connectivity index (χ2v) is 7.14. The van der Waals surface area contributed by atoms with E-state index >= 15 is 0 Å². The van der Waals surface area contributed by atoms with E-state index in [4.69, 9.17) is 0 Å². The van der Waals surface area contributed by atoms with Gasteiger partial charge in [0.25, 0.3) is 0 Å². The SMILES string of the molecule is CC(C)Cc1ccc(C(Br)c2ccc(F)cc2Br)cc1. The van der Waals surface area contributed by atoms with Crippen LogP contribution in [0.15, 0.2) is 46.9 Å². The quantitative estimate of drug-likeness (QED) is 0.531. The molecule has 0 amide bonds. The van der Waals surface area contributed by atoms with Crippen LogP contribution in [0.4, 0.5) is 4.39 Å². The molecule has 1 atom stereocenters. The molecule has 0 radical (unpaired) electrons. The number of hydrogen-bond donors (Lipinski definition) is 0. The van der Waals surface area contributed by atoms with E-state index in [2.05, 4.69) is 70.0 Å². The van der Waals surface area contributed by atoms with Gasteiger partial charge in [-0.25, -0.2) is 4.39 Å². The molecule has 0 saturated heterocycles. The third-order valence-electron chi connectivity index (χ3n) is 3.15. The van der Waals surface area contributed by atoms with Gasteiger partial charge in [-0.3, -0.25) is 0 Å². The molecule has 1 unspecified atom stereocenters. The molecule has 0 saturated carbocycles. The van der Waals surface area contributed by atoms with Gasteiger partial charge in [-0.1, -0.05) is 76.0 Å². The summed E-state index contributed by atoms with van der Waals surface area (Å²) in [6.45, 7) is 4.44. The molecule has 20 heavy (non-hydrogen) atoms. The molecule has 0 bridgehead atoms. The van der Waals surface area contributed by atoms with Gasteiger partial charge in [-0.2, -0.15) is 0 Å². The summed E-state index contributed by atoms with van der Waals surface area (Å²) in [5.74, 6) is 0.430. The van der Waals surface area contributed by atoms with E-state index in [1.165, 1.54) is 23.3 Å². The van der Waals surface area contributed by atoms with Crippen molar-refractivity contribution in [1.29, 1.82) is 0 Å².